The topological polar surface area (TPSA) is 92.6 Å². The minimum atomic E-state index is -0.750. The molecule has 0 spiro atoms. The second-order valence-electron chi connectivity index (χ2n) is 7.88. The first-order chi connectivity index (χ1) is 16.9. The van der Waals surface area contributed by atoms with Crippen molar-refractivity contribution < 1.29 is 18.9 Å². The summed E-state index contributed by atoms with van der Waals surface area (Å²) >= 11 is 1.36. The fraction of sp³-hybridized carbons (Fsp3) is 0.231. The van der Waals surface area contributed by atoms with Crippen LogP contribution in [0.4, 0.5) is 10.1 Å². The van der Waals surface area contributed by atoms with Gasteiger partial charge in [0.25, 0.3) is 5.69 Å². The highest BCUT2D eigenvalue weighted by molar-refractivity contribution is 7.99. The van der Waals surface area contributed by atoms with Gasteiger partial charge in [0, 0.05) is 37.9 Å². The number of nitro benzene ring substituents is 1. The normalized spacial score (nSPS) is 11.5. The van der Waals surface area contributed by atoms with Gasteiger partial charge in [-0.05, 0) is 28.8 Å². The molecule has 3 aromatic rings. The Balaban J connectivity index is 1.77. The zero-order valence-corrected chi connectivity index (χ0v) is 20.0. The average Bonchev–Trinajstić information content (AvgIpc) is 2.87. The Morgan fingerprint density at radius 3 is 2.20 bits per heavy atom. The molecule has 0 aliphatic rings. The van der Waals surface area contributed by atoms with Gasteiger partial charge in [-0.25, -0.2) is 4.39 Å². The number of hydrogen-bond donors (Lipinski definition) is 1. The molecule has 3 rings (SSSR count). The molecule has 182 valence electrons. The number of carbonyl (C=O) groups is 2. The van der Waals surface area contributed by atoms with Crippen LogP contribution in [0, 0.1) is 15.9 Å². The predicted octanol–water partition coefficient (Wildman–Crippen LogP) is 4.35. The van der Waals surface area contributed by atoms with E-state index in [0.29, 0.717) is 17.7 Å². The predicted molar refractivity (Wildman–Crippen MR) is 134 cm³/mol. The van der Waals surface area contributed by atoms with Gasteiger partial charge in [-0.15, -0.1) is 11.8 Å². The van der Waals surface area contributed by atoms with E-state index in [-0.39, 0.29) is 35.6 Å². The van der Waals surface area contributed by atoms with Gasteiger partial charge in [-0.1, -0.05) is 54.6 Å². The van der Waals surface area contributed by atoms with Crippen LogP contribution in [0.15, 0.2) is 78.9 Å². The zero-order valence-electron chi connectivity index (χ0n) is 19.2. The molecule has 0 fully saturated rings. The van der Waals surface area contributed by atoms with Crippen LogP contribution in [0.1, 0.15) is 16.7 Å². The van der Waals surface area contributed by atoms with E-state index in [9.17, 15) is 24.1 Å². The minimum absolute atomic E-state index is 0.00892. The molecule has 0 radical (unpaired) electrons. The maximum absolute atomic E-state index is 13.4. The Morgan fingerprint density at radius 1 is 0.971 bits per heavy atom. The number of nitro groups is 1. The van der Waals surface area contributed by atoms with Crippen molar-refractivity contribution in [3.05, 3.63) is 111 Å². The molecule has 0 bridgehead atoms. The number of likely N-dealkylation sites (N-methyl/N-ethyl adjacent to an activating group) is 1. The molecule has 1 unspecified atom stereocenters. The summed E-state index contributed by atoms with van der Waals surface area (Å²) in [5.41, 5.74) is 2.49. The number of nitrogens with zero attached hydrogens (tertiary/aromatic N) is 2. The molecule has 0 aliphatic carbocycles. The maximum Gasteiger partial charge on any atom is 0.269 e. The van der Waals surface area contributed by atoms with E-state index < -0.39 is 11.0 Å². The molecule has 9 heteroatoms. The van der Waals surface area contributed by atoms with Crippen LogP contribution in [0.2, 0.25) is 0 Å². The van der Waals surface area contributed by atoms with Gasteiger partial charge in [0.1, 0.15) is 11.9 Å². The molecule has 0 aliphatic heterocycles. The molecule has 7 nitrogen and oxygen atoms in total. The second-order valence-corrected chi connectivity index (χ2v) is 8.87. The van der Waals surface area contributed by atoms with Gasteiger partial charge in [0.2, 0.25) is 11.8 Å². The Bertz CT molecular complexity index is 1140. The number of thioether (sulfide) groups is 1. The van der Waals surface area contributed by atoms with Crippen LogP contribution >= 0.6 is 11.8 Å². The van der Waals surface area contributed by atoms with Crippen molar-refractivity contribution in [3.8, 4) is 0 Å². The molecule has 35 heavy (non-hydrogen) atoms. The molecule has 0 aromatic heterocycles. The summed E-state index contributed by atoms with van der Waals surface area (Å²) in [5.74, 6) is -0.300. The van der Waals surface area contributed by atoms with Crippen LogP contribution < -0.4 is 5.32 Å². The van der Waals surface area contributed by atoms with Gasteiger partial charge in [-0.3, -0.25) is 19.7 Å². The van der Waals surface area contributed by atoms with Crippen LogP contribution in [0.25, 0.3) is 0 Å². The number of hydrogen-bond acceptors (Lipinski definition) is 5. The molecule has 0 saturated carbocycles. The van der Waals surface area contributed by atoms with Crippen LogP contribution in [0.5, 0.6) is 0 Å². The molecule has 0 saturated heterocycles. The number of nitrogens with one attached hydrogen (secondary N) is 1. The lowest BCUT2D eigenvalue weighted by Gasteiger charge is -2.31. The molecule has 0 heterocycles. The summed E-state index contributed by atoms with van der Waals surface area (Å²) < 4.78 is 13.4. The van der Waals surface area contributed by atoms with E-state index in [1.165, 1.54) is 48.0 Å². The van der Waals surface area contributed by atoms with Crippen molar-refractivity contribution in [2.75, 3.05) is 12.8 Å². The number of rotatable bonds is 11. The largest absolute Gasteiger partial charge is 0.357 e. The van der Waals surface area contributed by atoms with E-state index >= 15 is 0 Å². The van der Waals surface area contributed by atoms with E-state index in [2.05, 4.69) is 5.32 Å². The van der Waals surface area contributed by atoms with Crippen LogP contribution in [0.3, 0.4) is 0 Å². The molecular formula is C26H26FN3O4S. The van der Waals surface area contributed by atoms with E-state index in [1.54, 1.807) is 24.3 Å². The number of halogens is 1. The van der Waals surface area contributed by atoms with Crippen LogP contribution in [-0.4, -0.2) is 40.5 Å². The molecule has 1 N–H and O–H groups in total. The SMILES string of the molecule is CNC(=O)C(Cc1ccccc1)N(Cc1ccc(F)cc1)C(=O)CSCc1ccc([N+](=O)[O-])cc1. The smallest absolute Gasteiger partial charge is 0.269 e. The molecule has 2 amide bonds. The minimum Gasteiger partial charge on any atom is -0.357 e. The summed E-state index contributed by atoms with van der Waals surface area (Å²) in [4.78, 5) is 38.1. The Kier molecular flexibility index (Phi) is 9.37. The highest BCUT2D eigenvalue weighted by Gasteiger charge is 2.29. The highest BCUT2D eigenvalue weighted by atomic mass is 32.2. The first kappa shape index (κ1) is 25.9. The van der Waals surface area contributed by atoms with Crippen LogP contribution in [-0.2, 0) is 28.3 Å². The molecular weight excluding hydrogens is 469 g/mol. The highest BCUT2D eigenvalue weighted by Crippen LogP contribution is 2.20. The fourth-order valence-corrected chi connectivity index (χ4v) is 4.43. The molecule has 1 atom stereocenters. The zero-order chi connectivity index (χ0) is 25.2. The Hall–Kier alpha value is -3.72. The summed E-state index contributed by atoms with van der Waals surface area (Å²) in [6, 6.07) is 20.7. The third-order valence-corrected chi connectivity index (χ3v) is 6.41. The van der Waals surface area contributed by atoms with Gasteiger partial charge in [0.15, 0.2) is 0 Å². The van der Waals surface area contributed by atoms with Gasteiger partial charge >= 0.3 is 0 Å². The monoisotopic (exact) mass is 495 g/mol. The Labute approximate surface area is 207 Å². The third-order valence-electron chi connectivity index (χ3n) is 5.43. The van der Waals surface area contributed by atoms with Crippen molar-refractivity contribution in [1.82, 2.24) is 10.2 Å². The fourth-order valence-electron chi connectivity index (χ4n) is 3.56. The van der Waals surface area contributed by atoms with Crippen molar-refractivity contribution >= 4 is 29.3 Å². The quantitative estimate of drug-likeness (QED) is 0.315. The maximum atomic E-state index is 13.4. The third kappa shape index (κ3) is 7.65. The van der Waals surface area contributed by atoms with Crippen molar-refractivity contribution in [2.45, 2.75) is 24.8 Å². The first-order valence-electron chi connectivity index (χ1n) is 11.0. The van der Waals surface area contributed by atoms with Crippen molar-refractivity contribution in [3.63, 3.8) is 0 Å². The summed E-state index contributed by atoms with van der Waals surface area (Å²) in [7, 11) is 1.53. The summed E-state index contributed by atoms with van der Waals surface area (Å²) in [6.07, 6.45) is 0.334. The van der Waals surface area contributed by atoms with Gasteiger partial charge < -0.3 is 10.2 Å². The standard InChI is InChI=1S/C26H26FN3O4S/c1-28-26(32)24(15-19-5-3-2-4-6-19)29(16-20-7-11-22(27)12-8-20)25(31)18-35-17-21-9-13-23(14-10-21)30(33)34/h2-14,24H,15-18H2,1H3,(H,28,32). The number of non-ortho nitro benzene ring substituents is 1. The number of carbonyl (C=O) groups excluding carboxylic acids is 2. The lowest BCUT2D eigenvalue weighted by molar-refractivity contribution is -0.384. The van der Waals surface area contributed by atoms with Crippen molar-refractivity contribution in [1.29, 1.82) is 0 Å². The van der Waals surface area contributed by atoms with Crippen molar-refractivity contribution in [2.24, 2.45) is 0 Å². The van der Waals surface area contributed by atoms with E-state index in [4.69, 9.17) is 0 Å². The van der Waals surface area contributed by atoms with Gasteiger partial charge in [-0.2, -0.15) is 0 Å². The summed E-state index contributed by atoms with van der Waals surface area (Å²) in [5, 5.41) is 13.5. The number of amides is 2. The van der Waals surface area contributed by atoms with Gasteiger partial charge in [0.05, 0.1) is 10.7 Å². The summed E-state index contributed by atoms with van der Waals surface area (Å²) in [6.45, 7) is 0.155. The average molecular weight is 496 g/mol. The Morgan fingerprint density at radius 2 is 1.60 bits per heavy atom. The van der Waals surface area contributed by atoms with E-state index in [0.717, 1.165) is 11.1 Å². The number of benzene rings is 3. The lowest BCUT2D eigenvalue weighted by Crippen LogP contribution is -2.50. The molecule has 3 aromatic carbocycles. The first-order valence-corrected chi connectivity index (χ1v) is 12.1. The lowest BCUT2D eigenvalue weighted by atomic mass is 10.0. The second kappa shape index (κ2) is 12.7. The van der Waals surface area contributed by atoms with E-state index in [1.807, 2.05) is 30.3 Å².